The van der Waals surface area contributed by atoms with Crippen LogP contribution in [0.4, 0.5) is 5.69 Å². The van der Waals surface area contributed by atoms with Crippen LogP contribution in [0.2, 0.25) is 0 Å². The molecule has 7 heteroatoms. The van der Waals surface area contributed by atoms with Crippen LogP contribution in [0.25, 0.3) is 0 Å². The van der Waals surface area contributed by atoms with E-state index in [2.05, 4.69) is 10.0 Å². The number of carbonyl (C=O) groups is 1. The summed E-state index contributed by atoms with van der Waals surface area (Å²) in [6, 6.07) is 6.21. The summed E-state index contributed by atoms with van der Waals surface area (Å²) in [5, 5.41) is 2.75. The minimum absolute atomic E-state index is 0.165. The highest BCUT2D eigenvalue weighted by atomic mass is 32.2. The number of para-hydroxylation sites is 1. The van der Waals surface area contributed by atoms with Gasteiger partial charge in [0.1, 0.15) is 6.04 Å². The lowest BCUT2D eigenvalue weighted by molar-refractivity contribution is -0.119. The van der Waals surface area contributed by atoms with Gasteiger partial charge in [0.05, 0.1) is 0 Å². The van der Waals surface area contributed by atoms with E-state index < -0.39 is 16.3 Å². The lowest BCUT2D eigenvalue weighted by Crippen LogP contribution is -2.49. The zero-order chi connectivity index (χ0) is 14.9. The fraction of sp³-hybridized carbons (Fsp3) is 0.462. The maximum absolute atomic E-state index is 12.3. The smallest absolute Gasteiger partial charge is 0.280 e. The van der Waals surface area contributed by atoms with E-state index in [1.165, 1.54) is 4.31 Å². The Morgan fingerprint density at radius 2 is 2.00 bits per heavy atom. The van der Waals surface area contributed by atoms with E-state index >= 15 is 0 Å². The molecule has 1 aliphatic heterocycles. The fourth-order valence-corrected chi connectivity index (χ4v) is 3.66. The Morgan fingerprint density at radius 3 is 2.65 bits per heavy atom. The molecule has 2 N–H and O–H groups in total. The van der Waals surface area contributed by atoms with Crippen molar-refractivity contribution >= 4 is 21.8 Å². The average Bonchev–Trinajstić information content (AvgIpc) is 2.46. The number of hydrogen-bond acceptors (Lipinski definition) is 3. The number of nitrogens with one attached hydrogen (secondary N) is 2. The van der Waals surface area contributed by atoms with Gasteiger partial charge >= 0.3 is 0 Å². The van der Waals surface area contributed by atoms with Crippen LogP contribution in [-0.2, 0) is 21.5 Å². The number of carbonyl (C=O) groups excluding carboxylic acids is 1. The zero-order valence-corrected chi connectivity index (χ0v) is 12.6. The number of fused-ring (bicyclic) bond motifs is 1. The molecule has 0 saturated carbocycles. The molecule has 0 bridgehead atoms. The van der Waals surface area contributed by atoms with E-state index in [0.29, 0.717) is 5.69 Å². The third-order valence-corrected chi connectivity index (χ3v) is 4.94. The van der Waals surface area contributed by atoms with E-state index in [4.69, 9.17) is 0 Å². The van der Waals surface area contributed by atoms with Crippen molar-refractivity contribution in [2.24, 2.45) is 0 Å². The summed E-state index contributed by atoms with van der Waals surface area (Å²) in [6.07, 6.45) is 0. The van der Waals surface area contributed by atoms with Gasteiger partial charge in [0.25, 0.3) is 10.2 Å². The summed E-state index contributed by atoms with van der Waals surface area (Å²) in [5.41, 5.74) is 1.44. The van der Waals surface area contributed by atoms with Gasteiger partial charge < -0.3 is 5.32 Å². The summed E-state index contributed by atoms with van der Waals surface area (Å²) in [4.78, 5) is 12.1. The standard InChI is InChI=1S/C13H19N3O3S/c1-9(2)15-20(18,19)16-8-11-6-4-5-7-12(11)14-13(17)10(16)3/h4-7,9-10,15H,8H2,1-3H3,(H,14,17). The molecule has 110 valence electrons. The van der Waals surface area contributed by atoms with E-state index in [1.54, 1.807) is 32.9 Å². The second-order valence-electron chi connectivity index (χ2n) is 5.15. The van der Waals surface area contributed by atoms with Crippen LogP contribution in [0.15, 0.2) is 24.3 Å². The number of hydrogen-bond donors (Lipinski definition) is 2. The van der Waals surface area contributed by atoms with Gasteiger partial charge in [-0.3, -0.25) is 4.79 Å². The lowest BCUT2D eigenvalue weighted by Gasteiger charge is -2.26. The number of anilines is 1. The molecule has 1 atom stereocenters. The molecular formula is C13H19N3O3S. The van der Waals surface area contributed by atoms with Gasteiger partial charge in [-0.15, -0.1) is 0 Å². The summed E-state index contributed by atoms with van der Waals surface area (Å²) in [5.74, 6) is -0.330. The Kier molecular flexibility index (Phi) is 4.12. The molecule has 6 nitrogen and oxygen atoms in total. The van der Waals surface area contributed by atoms with E-state index in [9.17, 15) is 13.2 Å². The highest BCUT2D eigenvalue weighted by Gasteiger charge is 2.35. The van der Waals surface area contributed by atoms with Crippen LogP contribution >= 0.6 is 0 Å². The third kappa shape index (κ3) is 3.00. The number of benzene rings is 1. The van der Waals surface area contributed by atoms with Crippen molar-refractivity contribution in [2.75, 3.05) is 5.32 Å². The van der Waals surface area contributed by atoms with Crippen molar-refractivity contribution in [3.05, 3.63) is 29.8 Å². The number of nitrogens with zero attached hydrogens (tertiary/aromatic N) is 1. The number of rotatable bonds is 3. The molecule has 1 aliphatic rings. The second-order valence-corrected chi connectivity index (χ2v) is 6.80. The van der Waals surface area contributed by atoms with Crippen molar-refractivity contribution in [3.8, 4) is 0 Å². The van der Waals surface area contributed by atoms with Gasteiger partial charge in [0, 0.05) is 18.3 Å². The average molecular weight is 297 g/mol. The monoisotopic (exact) mass is 297 g/mol. The molecule has 1 amide bonds. The lowest BCUT2D eigenvalue weighted by atomic mass is 10.2. The van der Waals surface area contributed by atoms with Crippen molar-refractivity contribution in [1.29, 1.82) is 0 Å². The summed E-state index contributed by atoms with van der Waals surface area (Å²) < 4.78 is 28.4. The largest absolute Gasteiger partial charge is 0.324 e. The first kappa shape index (κ1) is 15.0. The quantitative estimate of drug-likeness (QED) is 0.876. The van der Waals surface area contributed by atoms with Crippen LogP contribution in [0.3, 0.4) is 0 Å². The summed E-state index contributed by atoms with van der Waals surface area (Å²) in [6.45, 7) is 5.24. The van der Waals surface area contributed by atoms with Crippen molar-refractivity contribution in [1.82, 2.24) is 9.03 Å². The first-order valence-corrected chi connectivity index (χ1v) is 7.93. The maximum Gasteiger partial charge on any atom is 0.280 e. The Hall–Kier alpha value is -1.44. The molecule has 0 aromatic heterocycles. The molecule has 1 unspecified atom stereocenters. The second kappa shape index (κ2) is 5.51. The normalized spacial score (nSPS) is 20.4. The highest BCUT2D eigenvalue weighted by Crippen LogP contribution is 2.24. The van der Waals surface area contributed by atoms with E-state index in [1.807, 2.05) is 12.1 Å². The first-order valence-electron chi connectivity index (χ1n) is 6.49. The molecule has 0 aliphatic carbocycles. The van der Waals surface area contributed by atoms with Gasteiger partial charge in [0.2, 0.25) is 5.91 Å². The molecule has 0 fully saturated rings. The third-order valence-electron chi connectivity index (χ3n) is 3.11. The molecule has 1 aromatic carbocycles. The van der Waals surface area contributed by atoms with Gasteiger partial charge in [0.15, 0.2) is 0 Å². The number of amides is 1. The molecule has 2 rings (SSSR count). The van der Waals surface area contributed by atoms with Crippen LogP contribution < -0.4 is 10.0 Å². The molecule has 1 heterocycles. The first-order chi connectivity index (χ1) is 9.31. The van der Waals surface area contributed by atoms with E-state index in [-0.39, 0.29) is 18.5 Å². The Morgan fingerprint density at radius 1 is 1.35 bits per heavy atom. The van der Waals surface area contributed by atoms with Crippen LogP contribution in [0.1, 0.15) is 26.3 Å². The maximum atomic E-state index is 12.3. The molecule has 0 radical (unpaired) electrons. The van der Waals surface area contributed by atoms with Crippen LogP contribution in [0, 0.1) is 0 Å². The highest BCUT2D eigenvalue weighted by molar-refractivity contribution is 7.87. The van der Waals surface area contributed by atoms with E-state index in [0.717, 1.165) is 5.56 Å². The van der Waals surface area contributed by atoms with Gasteiger partial charge in [-0.25, -0.2) is 0 Å². The van der Waals surface area contributed by atoms with Gasteiger partial charge in [-0.1, -0.05) is 18.2 Å². The summed E-state index contributed by atoms with van der Waals surface area (Å²) in [7, 11) is -3.71. The topological polar surface area (TPSA) is 78.5 Å². The predicted octanol–water partition coefficient (Wildman–Crippen LogP) is 1.07. The summed E-state index contributed by atoms with van der Waals surface area (Å²) >= 11 is 0. The van der Waals surface area contributed by atoms with Crippen molar-refractivity contribution < 1.29 is 13.2 Å². The SMILES string of the molecule is CC(C)NS(=O)(=O)N1Cc2ccccc2NC(=O)C1C. The molecule has 20 heavy (non-hydrogen) atoms. The fourth-order valence-electron chi connectivity index (χ4n) is 2.11. The zero-order valence-electron chi connectivity index (χ0n) is 11.8. The molecule has 0 saturated heterocycles. The van der Waals surface area contributed by atoms with Crippen molar-refractivity contribution in [2.45, 2.75) is 39.4 Å². The Bertz CT molecular complexity index is 613. The predicted molar refractivity (Wildman–Crippen MR) is 77.3 cm³/mol. The minimum Gasteiger partial charge on any atom is -0.324 e. The molecule has 1 aromatic rings. The van der Waals surface area contributed by atoms with Crippen molar-refractivity contribution in [3.63, 3.8) is 0 Å². The molecule has 0 spiro atoms. The minimum atomic E-state index is -3.71. The van der Waals surface area contributed by atoms with Crippen LogP contribution in [0.5, 0.6) is 0 Å². The molecular weight excluding hydrogens is 278 g/mol. The van der Waals surface area contributed by atoms with Crippen LogP contribution in [-0.4, -0.2) is 30.7 Å². The Labute approximate surface area is 119 Å². The van der Waals surface area contributed by atoms with Gasteiger partial charge in [-0.05, 0) is 32.4 Å². The Balaban J connectivity index is 2.41. The van der Waals surface area contributed by atoms with Gasteiger partial charge in [-0.2, -0.15) is 17.4 Å².